The largest absolute Gasteiger partial charge is 0.491 e. The van der Waals surface area contributed by atoms with Crippen molar-refractivity contribution in [1.82, 2.24) is 19.5 Å². The second kappa shape index (κ2) is 8.55. The van der Waals surface area contributed by atoms with Crippen LogP contribution >= 0.6 is 0 Å². The van der Waals surface area contributed by atoms with E-state index < -0.39 is 5.91 Å². The fourth-order valence-corrected chi connectivity index (χ4v) is 2.67. The second-order valence-electron chi connectivity index (χ2n) is 6.28. The molecule has 0 radical (unpaired) electrons. The molecular weight excluding hydrogens is 376 g/mol. The second-order valence-corrected chi connectivity index (χ2v) is 6.28. The first kappa shape index (κ1) is 20.1. The van der Waals surface area contributed by atoms with Gasteiger partial charge in [-0.25, -0.2) is 15.0 Å². The minimum atomic E-state index is -0.527. The van der Waals surface area contributed by atoms with Gasteiger partial charge >= 0.3 is 0 Å². The number of carbonyl (C=O) groups excluding carboxylic acids is 1. The number of ether oxygens (including phenoxy) is 2. The van der Waals surface area contributed by atoms with E-state index in [0.29, 0.717) is 29.0 Å². The van der Waals surface area contributed by atoms with Crippen molar-refractivity contribution in [2.24, 2.45) is 7.05 Å². The first-order valence-electron chi connectivity index (χ1n) is 9.05. The minimum Gasteiger partial charge on any atom is -0.491 e. The Balaban J connectivity index is 2.03. The number of unbranched alkanes of at least 4 members (excludes halogenated alkanes) is 1. The van der Waals surface area contributed by atoms with Crippen molar-refractivity contribution in [3.8, 4) is 11.5 Å². The third-order valence-electron chi connectivity index (χ3n) is 4.28. The van der Waals surface area contributed by atoms with Crippen molar-refractivity contribution in [2.75, 3.05) is 24.8 Å². The highest BCUT2D eigenvalue weighted by atomic mass is 16.5. The maximum Gasteiger partial charge on any atom is 0.262 e. The average Bonchev–Trinajstić information content (AvgIpc) is 2.72. The van der Waals surface area contributed by atoms with Crippen LogP contribution in [-0.4, -0.2) is 39.1 Å². The van der Waals surface area contributed by atoms with Gasteiger partial charge in [0.15, 0.2) is 11.5 Å². The number of benzene rings is 1. The summed E-state index contributed by atoms with van der Waals surface area (Å²) in [5.41, 5.74) is 5.58. The van der Waals surface area contributed by atoms with Crippen molar-refractivity contribution >= 4 is 28.7 Å². The van der Waals surface area contributed by atoms with Gasteiger partial charge in [-0.2, -0.15) is 0 Å². The molecule has 0 unspecified atom stereocenters. The van der Waals surface area contributed by atoms with Gasteiger partial charge in [-0.15, -0.1) is 0 Å². The molecule has 0 aliphatic carbocycles. The zero-order valence-electron chi connectivity index (χ0n) is 16.4. The third kappa shape index (κ3) is 4.10. The van der Waals surface area contributed by atoms with Crippen LogP contribution in [0.5, 0.6) is 11.5 Å². The van der Waals surface area contributed by atoms with E-state index in [2.05, 4.69) is 27.2 Å². The molecule has 0 fully saturated rings. The zero-order valence-corrected chi connectivity index (χ0v) is 16.4. The van der Waals surface area contributed by atoms with Crippen LogP contribution < -0.4 is 26.1 Å². The molecule has 1 aromatic carbocycles. The number of aromatic nitrogens is 4. The lowest BCUT2D eigenvalue weighted by atomic mass is 10.2. The van der Waals surface area contributed by atoms with Crippen LogP contribution in [0.4, 0.5) is 11.9 Å². The molecule has 10 heteroatoms. The van der Waals surface area contributed by atoms with Crippen LogP contribution in [0.25, 0.3) is 10.9 Å². The SMILES string of the molecule is CCCCOc1ccc2c(=O)n(C)c(NC(=O)c3cnc(N)nc3)nc2c1OC. The van der Waals surface area contributed by atoms with Gasteiger partial charge in [0, 0.05) is 19.4 Å². The normalized spacial score (nSPS) is 10.7. The molecule has 0 aliphatic heterocycles. The summed E-state index contributed by atoms with van der Waals surface area (Å²) in [5.74, 6) is 0.397. The van der Waals surface area contributed by atoms with Crippen LogP contribution in [0.15, 0.2) is 29.3 Å². The first-order chi connectivity index (χ1) is 14.0. The van der Waals surface area contributed by atoms with Gasteiger partial charge in [-0.05, 0) is 18.6 Å². The molecule has 0 atom stereocenters. The lowest BCUT2D eigenvalue weighted by Gasteiger charge is -2.15. The van der Waals surface area contributed by atoms with Crippen molar-refractivity contribution in [3.05, 3.63) is 40.4 Å². The van der Waals surface area contributed by atoms with Crippen LogP contribution in [0.1, 0.15) is 30.1 Å². The number of nitrogens with one attached hydrogen (secondary N) is 1. The summed E-state index contributed by atoms with van der Waals surface area (Å²) in [4.78, 5) is 37.3. The van der Waals surface area contributed by atoms with Crippen molar-refractivity contribution in [3.63, 3.8) is 0 Å². The van der Waals surface area contributed by atoms with E-state index in [9.17, 15) is 9.59 Å². The minimum absolute atomic E-state index is 0.0494. The number of fused-ring (bicyclic) bond motifs is 1. The Morgan fingerprint density at radius 1 is 1.28 bits per heavy atom. The first-order valence-corrected chi connectivity index (χ1v) is 9.05. The number of nitrogens with zero attached hydrogens (tertiary/aromatic N) is 4. The molecule has 2 heterocycles. The molecule has 3 N–H and O–H groups in total. The summed E-state index contributed by atoms with van der Waals surface area (Å²) in [6.07, 6.45) is 4.45. The molecule has 0 bridgehead atoms. The molecule has 29 heavy (non-hydrogen) atoms. The molecule has 152 valence electrons. The molecule has 1 amide bonds. The van der Waals surface area contributed by atoms with Gasteiger partial charge in [0.1, 0.15) is 5.52 Å². The summed E-state index contributed by atoms with van der Waals surface area (Å²) in [7, 11) is 2.99. The molecule has 0 saturated carbocycles. The number of methoxy groups -OCH3 is 1. The van der Waals surface area contributed by atoms with Gasteiger partial charge in [0.25, 0.3) is 11.5 Å². The topological polar surface area (TPSA) is 134 Å². The number of carbonyl (C=O) groups is 1. The summed E-state index contributed by atoms with van der Waals surface area (Å²) < 4.78 is 12.5. The maximum atomic E-state index is 12.8. The summed E-state index contributed by atoms with van der Waals surface area (Å²) in [5, 5.41) is 2.95. The van der Waals surface area contributed by atoms with Gasteiger partial charge in [-0.3, -0.25) is 19.5 Å². The Morgan fingerprint density at radius 2 is 2.00 bits per heavy atom. The lowest BCUT2D eigenvalue weighted by molar-refractivity contribution is 0.102. The van der Waals surface area contributed by atoms with E-state index in [1.165, 1.54) is 31.1 Å². The van der Waals surface area contributed by atoms with Crippen LogP contribution in [0, 0.1) is 0 Å². The van der Waals surface area contributed by atoms with E-state index in [4.69, 9.17) is 15.2 Å². The maximum absolute atomic E-state index is 12.8. The summed E-state index contributed by atoms with van der Waals surface area (Å²) >= 11 is 0. The van der Waals surface area contributed by atoms with E-state index in [0.717, 1.165) is 12.8 Å². The monoisotopic (exact) mass is 398 g/mol. The van der Waals surface area contributed by atoms with Crippen LogP contribution in [-0.2, 0) is 7.05 Å². The number of hydrogen-bond acceptors (Lipinski definition) is 8. The highest BCUT2D eigenvalue weighted by molar-refractivity contribution is 6.03. The smallest absolute Gasteiger partial charge is 0.262 e. The van der Waals surface area contributed by atoms with E-state index in [1.54, 1.807) is 12.1 Å². The summed E-state index contributed by atoms with van der Waals surface area (Å²) in [6.45, 7) is 2.58. The van der Waals surface area contributed by atoms with E-state index in [1.807, 2.05) is 0 Å². The number of nitrogen functional groups attached to an aromatic ring is 1. The summed E-state index contributed by atoms with van der Waals surface area (Å²) in [6, 6.07) is 3.32. The van der Waals surface area contributed by atoms with Gasteiger partial charge in [0.05, 0.1) is 24.7 Å². The molecule has 10 nitrogen and oxygen atoms in total. The van der Waals surface area contributed by atoms with Crippen molar-refractivity contribution in [1.29, 1.82) is 0 Å². The Labute approximate surface area is 166 Å². The molecule has 0 spiro atoms. The highest BCUT2D eigenvalue weighted by Gasteiger charge is 2.18. The molecule has 2 aromatic heterocycles. The standard InChI is InChI=1S/C19H22N6O4/c1-4-5-8-29-13-7-6-12-14(15(13)28-3)23-19(25(2)17(12)27)24-16(26)11-9-21-18(20)22-10-11/h6-7,9-10H,4-5,8H2,1-3H3,(H2,20,21,22)(H,23,24,26). The van der Waals surface area contributed by atoms with Crippen LogP contribution in [0.3, 0.4) is 0 Å². The van der Waals surface area contributed by atoms with Crippen molar-refractivity contribution in [2.45, 2.75) is 19.8 Å². The average molecular weight is 398 g/mol. The molecule has 0 saturated heterocycles. The number of anilines is 2. The molecule has 3 aromatic rings. The molecule has 3 rings (SSSR count). The number of amides is 1. The van der Waals surface area contributed by atoms with Gasteiger partial charge in [0.2, 0.25) is 11.9 Å². The van der Waals surface area contributed by atoms with Crippen LogP contribution in [0.2, 0.25) is 0 Å². The Kier molecular flexibility index (Phi) is 5.91. The predicted molar refractivity (Wildman–Crippen MR) is 108 cm³/mol. The quantitative estimate of drug-likeness (QED) is 0.575. The lowest BCUT2D eigenvalue weighted by Crippen LogP contribution is -2.25. The van der Waals surface area contributed by atoms with Gasteiger partial charge < -0.3 is 15.2 Å². The van der Waals surface area contributed by atoms with Crippen molar-refractivity contribution < 1.29 is 14.3 Å². The highest BCUT2D eigenvalue weighted by Crippen LogP contribution is 2.33. The molecular formula is C19H22N6O4. The number of hydrogen-bond donors (Lipinski definition) is 2. The third-order valence-corrected chi connectivity index (χ3v) is 4.28. The van der Waals surface area contributed by atoms with Gasteiger partial charge in [-0.1, -0.05) is 13.3 Å². The number of nitrogens with two attached hydrogens (primary N) is 1. The predicted octanol–water partition coefficient (Wildman–Crippen LogP) is 1.75. The fourth-order valence-electron chi connectivity index (χ4n) is 2.67. The molecule has 0 aliphatic rings. The zero-order chi connectivity index (χ0) is 21.0. The van der Waals surface area contributed by atoms with E-state index in [-0.39, 0.29) is 23.0 Å². The fraction of sp³-hybridized carbons (Fsp3) is 0.316. The Morgan fingerprint density at radius 3 is 2.66 bits per heavy atom. The Hall–Kier alpha value is -3.69. The number of rotatable bonds is 7. The Bertz CT molecular complexity index is 1090. The van der Waals surface area contributed by atoms with E-state index >= 15 is 0 Å².